The molecule has 6 nitrogen and oxygen atoms in total. The molecule has 0 aliphatic heterocycles. The summed E-state index contributed by atoms with van der Waals surface area (Å²) < 4.78 is 16.8. The van der Waals surface area contributed by atoms with Crippen LogP contribution in [0, 0.1) is 0 Å². The van der Waals surface area contributed by atoms with E-state index in [2.05, 4.69) is 93.7 Å². The van der Waals surface area contributed by atoms with Gasteiger partial charge in [0.25, 0.3) is 0 Å². The van der Waals surface area contributed by atoms with Crippen molar-refractivity contribution in [2.75, 3.05) is 13.2 Å². The Bertz CT molecular complexity index is 1190. The highest BCUT2D eigenvalue weighted by Crippen LogP contribution is 2.14. The largest absolute Gasteiger partial charge is 0.462 e. The average Bonchev–Trinajstić information content (AvgIpc) is 3.28. The number of allylic oxidation sites excluding steroid dienone is 12. The number of unbranched alkanes of at least 4 members (excludes halogenated alkanes) is 24. The molecule has 0 amide bonds. The van der Waals surface area contributed by atoms with Gasteiger partial charge in [-0.15, -0.1) is 0 Å². The molecule has 0 saturated heterocycles. The van der Waals surface area contributed by atoms with Gasteiger partial charge in [-0.25, -0.2) is 0 Å². The molecular weight excluding hydrogens is 781 g/mol. The third-order valence-electron chi connectivity index (χ3n) is 11.2. The van der Waals surface area contributed by atoms with E-state index in [1.807, 2.05) is 0 Å². The molecule has 6 heteroatoms. The number of hydrogen-bond acceptors (Lipinski definition) is 6. The molecule has 63 heavy (non-hydrogen) atoms. The van der Waals surface area contributed by atoms with E-state index >= 15 is 0 Å². The van der Waals surface area contributed by atoms with Gasteiger partial charge in [-0.3, -0.25) is 14.4 Å². The summed E-state index contributed by atoms with van der Waals surface area (Å²) in [5.74, 6) is -0.965. The Morgan fingerprint density at radius 1 is 0.317 bits per heavy atom. The van der Waals surface area contributed by atoms with Gasteiger partial charge in [0.1, 0.15) is 13.2 Å². The summed E-state index contributed by atoms with van der Waals surface area (Å²) >= 11 is 0. The first-order valence-corrected chi connectivity index (χ1v) is 26.4. The van der Waals surface area contributed by atoms with Crippen LogP contribution in [-0.2, 0) is 28.6 Å². The lowest BCUT2D eigenvalue weighted by Gasteiger charge is -2.18. The van der Waals surface area contributed by atoms with Crippen molar-refractivity contribution in [3.05, 3.63) is 72.9 Å². The zero-order valence-electron chi connectivity index (χ0n) is 41.3. The Morgan fingerprint density at radius 3 is 0.984 bits per heavy atom. The number of hydrogen-bond donors (Lipinski definition) is 0. The summed E-state index contributed by atoms with van der Waals surface area (Å²) in [5.41, 5.74) is 0. The van der Waals surface area contributed by atoms with Gasteiger partial charge in [0.05, 0.1) is 0 Å². The summed E-state index contributed by atoms with van der Waals surface area (Å²) in [6.07, 6.45) is 64.5. The smallest absolute Gasteiger partial charge is 0.306 e. The van der Waals surface area contributed by atoms with E-state index in [9.17, 15) is 14.4 Å². The summed E-state index contributed by atoms with van der Waals surface area (Å²) in [6, 6.07) is 0. The summed E-state index contributed by atoms with van der Waals surface area (Å²) in [4.78, 5) is 38.0. The molecule has 0 aliphatic rings. The zero-order chi connectivity index (χ0) is 45.8. The van der Waals surface area contributed by atoms with Crippen LogP contribution in [0.3, 0.4) is 0 Å². The second kappa shape index (κ2) is 51.5. The lowest BCUT2D eigenvalue weighted by atomic mass is 10.0. The summed E-state index contributed by atoms with van der Waals surface area (Å²) in [6.45, 7) is 6.53. The second-order valence-electron chi connectivity index (χ2n) is 17.4. The molecule has 0 bridgehead atoms. The van der Waals surface area contributed by atoms with Crippen LogP contribution >= 0.6 is 0 Å². The van der Waals surface area contributed by atoms with Crippen LogP contribution < -0.4 is 0 Å². The molecule has 0 aromatic carbocycles. The minimum Gasteiger partial charge on any atom is -0.462 e. The molecule has 0 aliphatic carbocycles. The second-order valence-corrected chi connectivity index (χ2v) is 17.4. The van der Waals surface area contributed by atoms with E-state index in [0.717, 1.165) is 89.9 Å². The zero-order valence-corrected chi connectivity index (χ0v) is 41.3. The van der Waals surface area contributed by atoms with Crippen molar-refractivity contribution in [3.8, 4) is 0 Å². The minimum absolute atomic E-state index is 0.0983. The highest BCUT2D eigenvalue weighted by atomic mass is 16.6. The molecule has 0 rings (SSSR count). The van der Waals surface area contributed by atoms with Crippen molar-refractivity contribution in [2.45, 2.75) is 258 Å². The van der Waals surface area contributed by atoms with Crippen LogP contribution in [0.2, 0.25) is 0 Å². The quantitative estimate of drug-likeness (QED) is 0.0262. The average molecular weight is 879 g/mol. The van der Waals surface area contributed by atoms with Crippen LogP contribution in [-0.4, -0.2) is 37.2 Å². The Kier molecular flexibility index (Phi) is 48.9. The Balaban J connectivity index is 4.48. The maximum absolute atomic E-state index is 12.8. The molecule has 0 fully saturated rings. The number of ether oxygens (including phenoxy) is 3. The van der Waals surface area contributed by atoms with Crippen LogP contribution in [0.25, 0.3) is 0 Å². The first kappa shape index (κ1) is 59.9. The predicted molar refractivity (Wildman–Crippen MR) is 270 cm³/mol. The van der Waals surface area contributed by atoms with Gasteiger partial charge in [-0.05, 0) is 89.9 Å². The SMILES string of the molecule is CCCCC/C=C\C/C=C\C/C=C\C/C=C\CCCC(=O)OC[C@H](COC(=O)CCCCCCC/C=C\C/C=C\CCCCC)OC(=O)CCCCCCCCCCCCCCC. The van der Waals surface area contributed by atoms with Crippen molar-refractivity contribution < 1.29 is 28.6 Å². The highest BCUT2D eigenvalue weighted by molar-refractivity contribution is 5.71. The third kappa shape index (κ3) is 49.7. The van der Waals surface area contributed by atoms with Crippen molar-refractivity contribution in [1.82, 2.24) is 0 Å². The van der Waals surface area contributed by atoms with Gasteiger partial charge in [0.2, 0.25) is 0 Å². The predicted octanol–water partition coefficient (Wildman–Crippen LogP) is 17.4. The van der Waals surface area contributed by atoms with E-state index in [1.54, 1.807) is 0 Å². The minimum atomic E-state index is -0.800. The van der Waals surface area contributed by atoms with E-state index in [-0.39, 0.29) is 37.5 Å². The number of carbonyl (C=O) groups is 3. The first-order chi connectivity index (χ1) is 31.0. The van der Waals surface area contributed by atoms with Crippen LogP contribution in [0.4, 0.5) is 0 Å². The molecule has 362 valence electrons. The van der Waals surface area contributed by atoms with Gasteiger partial charge >= 0.3 is 17.9 Å². The van der Waals surface area contributed by atoms with Crippen molar-refractivity contribution >= 4 is 17.9 Å². The van der Waals surface area contributed by atoms with Gasteiger partial charge < -0.3 is 14.2 Å². The molecule has 0 unspecified atom stereocenters. The van der Waals surface area contributed by atoms with Crippen LogP contribution in [0.5, 0.6) is 0 Å². The lowest BCUT2D eigenvalue weighted by Crippen LogP contribution is -2.30. The molecule has 0 N–H and O–H groups in total. The normalized spacial score (nSPS) is 12.6. The number of rotatable bonds is 47. The summed E-state index contributed by atoms with van der Waals surface area (Å²) in [5, 5.41) is 0. The molecule has 0 saturated carbocycles. The maximum Gasteiger partial charge on any atom is 0.306 e. The lowest BCUT2D eigenvalue weighted by molar-refractivity contribution is -0.167. The van der Waals surface area contributed by atoms with Crippen molar-refractivity contribution in [3.63, 3.8) is 0 Å². The fourth-order valence-electron chi connectivity index (χ4n) is 7.17. The van der Waals surface area contributed by atoms with Crippen molar-refractivity contribution in [1.29, 1.82) is 0 Å². The van der Waals surface area contributed by atoms with Crippen LogP contribution in [0.1, 0.15) is 252 Å². The maximum atomic E-state index is 12.8. The Labute approximate surface area is 389 Å². The molecule has 0 aromatic rings. The summed E-state index contributed by atoms with van der Waals surface area (Å²) in [7, 11) is 0. The van der Waals surface area contributed by atoms with Gasteiger partial charge in [0, 0.05) is 19.3 Å². The Morgan fingerprint density at radius 2 is 0.587 bits per heavy atom. The molecular formula is C57H98O6. The van der Waals surface area contributed by atoms with Gasteiger partial charge in [-0.2, -0.15) is 0 Å². The third-order valence-corrected chi connectivity index (χ3v) is 11.2. The van der Waals surface area contributed by atoms with E-state index in [0.29, 0.717) is 19.3 Å². The monoisotopic (exact) mass is 879 g/mol. The fourth-order valence-corrected chi connectivity index (χ4v) is 7.17. The fraction of sp³-hybridized carbons (Fsp3) is 0.737. The number of esters is 3. The van der Waals surface area contributed by atoms with Crippen LogP contribution in [0.15, 0.2) is 72.9 Å². The topological polar surface area (TPSA) is 78.9 Å². The van der Waals surface area contributed by atoms with E-state index < -0.39 is 6.10 Å². The number of carbonyl (C=O) groups excluding carboxylic acids is 3. The first-order valence-electron chi connectivity index (χ1n) is 26.4. The highest BCUT2D eigenvalue weighted by Gasteiger charge is 2.19. The van der Waals surface area contributed by atoms with Gasteiger partial charge in [-0.1, -0.05) is 216 Å². The molecule has 1 atom stereocenters. The molecule has 0 spiro atoms. The molecule has 0 radical (unpaired) electrons. The standard InChI is InChI=1S/C57H98O6/c1-4-7-10-13-16-19-22-25-27-28-30-33-35-38-41-44-47-50-56(59)62-53-54(63-57(60)51-48-45-42-39-36-31-24-21-18-15-12-9-6-3)52-61-55(58)49-46-43-40-37-34-32-29-26-23-20-17-14-11-8-5-2/h16-17,19-20,25-27,29-30,33,38,41,54H,4-15,18,21-24,28,31-32,34-37,39-40,42-53H2,1-3H3/b19-16-,20-17-,27-25-,29-26-,33-30-,41-38-/t54-/m0/s1. The van der Waals surface area contributed by atoms with Crippen molar-refractivity contribution in [2.24, 2.45) is 0 Å². The molecule has 0 heterocycles. The van der Waals surface area contributed by atoms with Gasteiger partial charge in [0.15, 0.2) is 6.10 Å². The Hall–Kier alpha value is -3.15. The van der Waals surface area contributed by atoms with E-state index in [4.69, 9.17) is 14.2 Å². The van der Waals surface area contributed by atoms with E-state index in [1.165, 1.54) is 116 Å². The molecule has 0 aromatic heterocycles.